The van der Waals surface area contributed by atoms with Crippen molar-refractivity contribution in [3.8, 4) is 11.1 Å². The Morgan fingerprint density at radius 3 is 2.15 bits per heavy atom. The first-order chi connectivity index (χ1) is 22.1. The number of hydrogen-bond donors (Lipinski definition) is 2. The van der Waals surface area contributed by atoms with Crippen LogP contribution in [0.2, 0.25) is 0 Å². The van der Waals surface area contributed by atoms with E-state index in [1.54, 1.807) is 0 Å². The Labute approximate surface area is 276 Å². The summed E-state index contributed by atoms with van der Waals surface area (Å²) in [4.78, 5) is 37.0. The maximum absolute atomic E-state index is 13.9. The third-order valence-corrected chi connectivity index (χ3v) is 10.4. The molecule has 7 heteroatoms. The molecular formula is C39H55N5O2. The summed E-state index contributed by atoms with van der Waals surface area (Å²) in [6.07, 6.45) is 9.91. The first kappa shape index (κ1) is 33.9. The van der Waals surface area contributed by atoms with Crippen molar-refractivity contribution in [1.29, 1.82) is 0 Å². The van der Waals surface area contributed by atoms with Crippen LogP contribution >= 0.6 is 0 Å². The van der Waals surface area contributed by atoms with E-state index in [1.165, 1.54) is 57.2 Å². The molecule has 0 radical (unpaired) electrons. The van der Waals surface area contributed by atoms with Crippen LogP contribution in [0.3, 0.4) is 0 Å². The molecule has 7 nitrogen and oxygen atoms in total. The zero-order chi connectivity index (χ0) is 32.8. The summed E-state index contributed by atoms with van der Waals surface area (Å²) in [7, 11) is 4.37. The van der Waals surface area contributed by atoms with Gasteiger partial charge in [0.15, 0.2) is 0 Å². The van der Waals surface area contributed by atoms with Gasteiger partial charge in [-0.2, -0.15) is 0 Å². The Hall–Kier alpha value is -3.42. The highest BCUT2D eigenvalue weighted by Gasteiger charge is 2.28. The van der Waals surface area contributed by atoms with Gasteiger partial charge >= 0.3 is 0 Å². The molecule has 3 aromatic rings. The number of aromatic amines is 1. The predicted octanol–water partition coefficient (Wildman–Crippen LogP) is 6.97. The molecule has 0 atom stereocenters. The number of carbonyl (C=O) groups is 1. The van der Waals surface area contributed by atoms with Crippen LogP contribution in [-0.2, 0) is 13.1 Å². The molecule has 2 heterocycles. The van der Waals surface area contributed by atoms with Crippen LogP contribution in [0.5, 0.6) is 0 Å². The lowest BCUT2D eigenvalue weighted by molar-refractivity contribution is 0.0950. The van der Waals surface area contributed by atoms with Crippen molar-refractivity contribution < 1.29 is 4.79 Å². The maximum atomic E-state index is 13.9. The molecule has 1 aliphatic heterocycles. The molecule has 1 saturated carbocycles. The Morgan fingerprint density at radius 1 is 0.891 bits per heavy atom. The molecule has 46 heavy (non-hydrogen) atoms. The minimum atomic E-state index is -0.148. The average Bonchev–Trinajstić information content (AvgIpc) is 3.31. The summed E-state index contributed by atoms with van der Waals surface area (Å²) in [6, 6.07) is 16.3. The maximum Gasteiger partial charge on any atom is 0.253 e. The number of anilines is 1. The van der Waals surface area contributed by atoms with Gasteiger partial charge in [0.25, 0.3) is 11.5 Å². The predicted molar refractivity (Wildman–Crippen MR) is 191 cm³/mol. The van der Waals surface area contributed by atoms with E-state index in [0.29, 0.717) is 23.2 Å². The second-order valence-electron chi connectivity index (χ2n) is 13.9. The fraction of sp³-hybridized carbons (Fsp3) is 0.538. The number of amides is 1. The van der Waals surface area contributed by atoms with Gasteiger partial charge in [-0.25, -0.2) is 0 Å². The van der Waals surface area contributed by atoms with E-state index >= 15 is 0 Å². The Kier molecular flexibility index (Phi) is 11.4. The zero-order valence-corrected chi connectivity index (χ0v) is 29.0. The lowest BCUT2D eigenvalue weighted by Crippen LogP contribution is -2.42. The van der Waals surface area contributed by atoms with Gasteiger partial charge in [0, 0.05) is 54.2 Å². The number of nitrogens with one attached hydrogen (secondary N) is 2. The fourth-order valence-electron chi connectivity index (χ4n) is 7.63. The minimum Gasteiger partial charge on any atom is -0.369 e. The van der Waals surface area contributed by atoms with Crippen molar-refractivity contribution in [3.63, 3.8) is 0 Å². The first-order valence-corrected chi connectivity index (χ1v) is 17.5. The Morgan fingerprint density at radius 2 is 1.54 bits per heavy atom. The monoisotopic (exact) mass is 625 g/mol. The molecule has 0 unspecified atom stereocenters. The van der Waals surface area contributed by atoms with Gasteiger partial charge < -0.3 is 20.1 Å². The van der Waals surface area contributed by atoms with E-state index in [9.17, 15) is 9.59 Å². The highest BCUT2D eigenvalue weighted by atomic mass is 16.1. The van der Waals surface area contributed by atoms with Gasteiger partial charge in [-0.3, -0.25) is 14.5 Å². The number of aromatic nitrogens is 1. The third-order valence-electron chi connectivity index (χ3n) is 10.4. The Bertz CT molecular complexity index is 1530. The molecule has 2 fully saturated rings. The number of nitrogens with zero attached hydrogens (tertiary/aromatic N) is 3. The number of rotatable bonds is 10. The highest BCUT2D eigenvalue weighted by Crippen LogP contribution is 2.36. The average molecular weight is 626 g/mol. The third kappa shape index (κ3) is 8.10. The van der Waals surface area contributed by atoms with Crippen molar-refractivity contribution in [2.45, 2.75) is 104 Å². The van der Waals surface area contributed by atoms with Gasteiger partial charge in [0.2, 0.25) is 0 Å². The van der Waals surface area contributed by atoms with Gasteiger partial charge in [0.1, 0.15) is 0 Å². The molecule has 248 valence electrons. The van der Waals surface area contributed by atoms with Crippen LogP contribution in [-0.4, -0.2) is 66.5 Å². The zero-order valence-electron chi connectivity index (χ0n) is 29.0. The number of aryl methyl sites for hydroxylation is 2. The highest BCUT2D eigenvalue weighted by molar-refractivity contribution is 5.99. The van der Waals surface area contributed by atoms with Crippen molar-refractivity contribution >= 4 is 11.6 Å². The summed E-state index contributed by atoms with van der Waals surface area (Å²) in [5, 5.41) is 3.09. The van der Waals surface area contributed by atoms with Crippen molar-refractivity contribution in [1.82, 2.24) is 20.1 Å². The van der Waals surface area contributed by atoms with Gasteiger partial charge in [-0.05, 0) is 139 Å². The lowest BCUT2D eigenvalue weighted by Gasteiger charge is -2.40. The number of H-pyrrole nitrogens is 1. The van der Waals surface area contributed by atoms with Crippen molar-refractivity contribution in [3.05, 3.63) is 86.3 Å². The van der Waals surface area contributed by atoms with E-state index in [1.807, 2.05) is 26.0 Å². The summed E-state index contributed by atoms with van der Waals surface area (Å²) in [6.45, 7) is 12.5. The number of carbonyl (C=O) groups excluding carboxylic acids is 1. The van der Waals surface area contributed by atoms with Crippen LogP contribution in [0.15, 0.2) is 47.3 Å². The molecule has 1 saturated heterocycles. The topological polar surface area (TPSA) is 71.7 Å². The molecule has 2 N–H and O–H groups in total. The molecule has 2 aliphatic rings. The molecule has 5 rings (SSSR count). The number of hydrogen-bond acceptors (Lipinski definition) is 5. The summed E-state index contributed by atoms with van der Waals surface area (Å²) in [5.41, 5.74) is 8.47. The molecule has 1 amide bonds. The molecule has 0 spiro atoms. The van der Waals surface area contributed by atoms with Crippen LogP contribution < -0.4 is 15.8 Å². The van der Waals surface area contributed by atoms with Crippen LogP contribution in [0.4, 0.5) is 5.69 Å². The molecule has 2 aromatic carbocycles. The number of likely N-dealkylation sites (tertiary alicyclic amines) is 1. The molecule has 0 bridgehead atoms. The number of benzene rings is 2. The van der Waals surface area contributed by atoms with E-state index in [-0.39, 0.29) is 18.0 Å². The van der Waals surface area contributed by atoms with Crippen LogP contribution in [0.25, 0.3) is 11.1 Å². The van der Waals surface area contributed by atoms with E-state index in [2.05, 4.69) is 83.3 Å². The van der Waals surface area contributed by atoms with E-state index < -0.39 is 0 Å². The van der Waals surface area contributed by atoms with Gasteiger partial charge in [-0.1, -0.05) is 37.1 Å². The quantitative estimate of drug-likeness (QED) is 0.255. The summed E-state index contributed by atoms with van der Waals surface area (Å²) < 4.78 is 0. The Balaban J connectivity index is 1.45. The first-order valence-electron chi connectivity index (χ1n) is 17.5. The lowest BCUT2D eigenvalue weighted by atomic mass is 9.88. The second kappa shape index (κ2) is 15.4. The molecular weight excluding hydrogens is 570 g/mol. The largest absolute Gasteiger partial charge is 0.369 e. The van der Waals surface area contributed by atoms with Gasteiger partial charge in [0.05, 0.1) is 0 Å². The van der Waals surface area contributed by atoms with Crippen LogP contribution in [0.1, 0.15) is 96.6 Å². The molecule has 1 aromatic heterocycles. The second-order valence-corrected chi connectivity index (χ2v) is 13.9. The SMILES string of the molecule is CCN(c1cc(-c2ccc(CN3CCCCCC3)cc2)cc(C(=O)NCc2c(C)cc(C)[nH]c2=O)c1C)[C@H]1CC[C@H](N(C)C)CC1. The summed E-state index contributed by atoms with van der Waals surface area (Å²) in [5.74, 6) is -0.148. The standard InChI is InChI=1S/C39H55N5O2/c1-7-44(34-18-16-33(17-19-34)42(5)6)37-24-32(31-14-12-30(13-15-31)26-43-20-10-8-9-11-21-43)23-35(29(37)4)38(45)40-25-36-27(2)22-28(3)41-39(36)46/h12-15,22-24,33-34H,7-11,16-21,25-26H2,1-6H3,(H,40,45)(H,41,46)/t33-,34-. The van der Waals surface area contributed by atoms with Crippen LogP contribution in [0, 0.1) is 20.8 Å². The smallest absolute Gasteiger partial charge is 0.253 e. The van der Waals surface area contributed by atoms with E-state index in [0.717, 1.165) is 59.6 Å². The summed E-state index contributed by atoms with van der Waals surface area (Å²) >= 11 is 0. The fourth-order valence-corrected chi connectivity index (χ4v) is 7.63. The van der Waals surface area contributed by atoms with Crippen molar-refractivity contribution in [2.24, 2.45) is 0 Å². The van der Waals surface area contributed by atoms with Gasteiger partial charge in [-0.15, -0.1) is 0 Å². The van der Waals surface area contributed by atoms with Crippen molar-refractivity contribution in [2.75, 3.05) is 38.6 Å². The van der Waals surface area contributed by atoms with E-state index in [4.69, 9.17) is 0 Å². The normalized spacial score (nSPS) is 19.2. The molecule has 1 aliphatic carbocycles. The number of pyridine rings is 1. The minimum absolute atomic E-state index is 0.144.